The van der Waals surface area contributed by atoms with Crippen LogP contribution in [0.25, 0.3) is 0 Å². The number of aromatic amines is 1. The summed E-state index contributed by atoms with van der Waals surface area (Å²) in [6.07, 6.45) is 1.78. The average molecular weight is 224 g/mol. The molecule has 0 unspecified atom stereocenters. The minimum Gasteiger partial charge on any atom is -0.342 e. The lowest BCUT2D eigenvalue weighted by Gasteiger charge is -2.18. The summed E-state index contributed by atoms with van der Waals surface area (Å²) in [6.45, 7) is 8.53. The van der Waals surface area contributed by atoms with E-state index in [0.717, 1.165) is 24.3 Å². The molecular weight excluding hydrogens is 204 g/mol. The Morgan fingerprint density at radius 1 is 1.50 bits per heavy atom. The Hall–Kier alpha value is -1.36. The van der Waals surface area contributed by atoms with E-state index in [2.05, 4.69) is 15.5 Å². The number of nitrogens with one attached hydrogen (secondary N) is 2. The highest BCUT2D eigenvalue weighted by molar-refractivity contribution is 5.78. The van der Waals surface area contributed by atoms with Gasteiger partial charge in [0.2, 0.25) is 5.91 Å². The summed E-state index contributed by atoms with van der Waals surface area (Å²) in [5.74, 6) is 0.145. The highest BCUT2D eigenvalue weighted by Gasteiger charge is 2.08. The zero-order chi connectivity index (χ0) is 12.0. The first-order valence-corrected chi connectivity index (χ1v) is 5.66. The molecule has 0 aromatic carbocycles. The van der Waals surface area contributed by atoms with Crippen LogP contribution >= 0.6 is 0 Å². The second-order valence-electron chi connectivity index (χ2n) is 3.69. The third-order valence-electron chi connectivity index (χ3n) is 2.64. The van der Waals surface area contributed by atoms with E-state index in [4.69, 9.17) is 0 Å². The van der Waals surface area contributed by atoms with Crippen molar-refractivity contribution in [3.05, 3.63) is 17.5 Å². The summed E-state index contributed by atoms with van der Waals surface area (Å²) in [5.41, 5.74) is 2.15. The van der Waals surface area contributed by atoms with Gasteiger partial charge in [-0.2, -0.15) is 5.10 Å². The van der Waals surface area contributed by atoms with Crippen LogP contribution < -0.4 is 5.32 Å². The molecule has 0 radical (unpaired) electrons. The number of aromatic nitrogens is 2. The molecule has 0 saturated heterocycles. The quantitative estimate of drug-likeness (QED) is 0.747. The zero-order valence-corrected chi connectivity index (χ0v) is 10.2. The van der Waals surface area contributed by atoms with Gasteiger partial charge in [0.05, 0.1) is 12.7 Å². The molecule has 1 aromatic rings. The molecule has 1 rings (SSSR count). The van der Waals surface area contributed by atoms with Crippen molar-refractivity contribution >= 4 is 5.91 Å². The van der Waals surface area contributed by atoms with Gasteiger partial charge in [0, 0.05) is 30.9 Å². The van der Waals surface area contributed by atoms with Crippen molar-refractivity contribution in [3.8, 4) is 0 Å². The SMILES string of the molecule is CCN(CC)C(=O)CNCc1cn[nH]c1C. The molecule has 0 spiro atoms. The number of amides is 1. The Labute approximate surface area is 96.2 Å². The van der Waals surface area contributed by atoms with E-state index >= 15 is 0 Å². The largest absolute Gasteiger partial charge is 0.342 e. The number of H-pyrrole nitrogens is 1. The van der Waals surface area contributed by atoms with Crippen LogP contribution in [0, 0.1) is 6.92 Å². The van der Waals surface area contributed by atoms with Gasteiger partial charge in [-0.1, -0.05) is 0 Å². The van der Waals surface area contributed by atoms with Gasteiger partial charge in [-0.3, -0.25) is 9.89 Å². The molecule has 16 heavy (non-hydrogen) atoms. The van der Waals surface area contributed by atoms with Gasteiger partial charge in [-0.15, -0.1) is 0 Å². The standard InChI is InChI=1S/C11H20N4O/c1-4-15(5-2)11(16)8-12-6-10-7-13-14-9(10)3/h7,12H,4-6,8H2,1-3H3,(H,13,14). The Morgan fingerprint density at radius 2 is 2.19 bits per heavy atom. The molecule has 2 N–H and O–H groups in total. The predicted octanol–water partition coefficient (Wildman–Crippen LogP) is 0.676. The molecule has 1 aromatic heterocycles. The molecule has 0 aliphatic rings. The van der Waals surface area contributed by atoms with Crippen molar-refractivity contribution in [2.24, 2.45) is 0 Å². The molecule has 1 amide bonds. The molecule has 0 aliphatic carbocycles. The zero-order valence-electron chi connectivity index (χ0n) is 10.2. The second kappa shape index (κ2) is 6.27. The Balaban J connectivity index is 2.30. The second-order valence-corrected chi connectivity index (χ2v) is 3.69. The van der Waals surface area contributed by atoms with Crippen LogP contribution in [-0.2, 0) is 11.3 Å². The maximum atomic E-state index is 11.7. The van der Waals surface area contributed by atoms with Crippen molar-refractivity contribution < 1.29 is 4.79 Å². The summed E-state index contributed by atoms with van der Waals surface area (Å²) in [4.78, 5) is 13.5. The fourth-order valence-corrected chi connectivity index (χ4v) is 1.55. The minimum atomic E-state index is 0.145. The maximum Gasteiger partial charge on any atom is 0.236 e. The van der Waals surface area contributed by atoms with Crippen LogP contribution in [-0.4, -0.2) is 40.6 Å². The number of carbonyl (C=O) groups excluding carboxylic acids is 1. The summed E-state index contributed by atoms with van der Waals surface area (Å²) < 4.78 is 0. The number of likely N-dealkylation sites (N-methyl/N-ethyl adjacent to an activating group) is 1. The highest BCUT2D eigenvalue weighted by atomic mass is 16.2. The fraction of sp³-hybridized carbons (Fsp3) is 0.636. The van der Waals surface area contributed by atoms with Crippen LogP contribution in [0.3, 0.4) is 0 Å². The first-order chi connectivity index (χ1) is 7.69. The number of aryl methyl sites for hydroxylation is 1. The van der Waals surface area contributed by atoms with E-state index in [1.165, 1.54) is 0 Å². The molecule has 0 bridgehead atoms. The van der Waals surface area contributed by atoms with E-state index in [-0.39, 0.29) is 5.91 Å². The van der Waals surface area contributed by atoms with Gasteiger partial charge in [-0.05, 0) is 20.8 Å². The molecule has 1 heterocycles. The lowest BCUT2D eigenvalue weighted by atomic mass is 10.2. The molecular formula is C11H20N4O. The summed E-state index contributed by atoms with van der Waals surface area (Å²) in [5, 5.41) is 9.92. The highest BCUT2D eigenvalue weighted by Crippen LogP contribution is 2.00. The van der Waals surface area contributed by atoms with E-state index in [9.17, 15) is 4.79 Å². The fourth-order valence-electron chi connectivity index (χ4n) is 1.55. The van der Waals surface area contributed by atoms with E-state index < -0.39 is 0 Å². The molecule has 0 atom stereocenters. The maximum absolute atomic E-state index is 11.7. The van der Waals surface area contributed by atoms with Crippen LogP contribution in [0.1, 0.15) is 25.1 Å². The first-order valence-electron chi connectivity index (χ1n) is 5.66. The lowest BCUT2D eigenvalue weighted by Crippen LogP contribution is -2.37. The molecule has 0 fully saturated rings. The third-order valence-corrected chi connectivity index (χ3v) is 2.64. The van der Waals surface area contributed by atoms with Crippen molar-refractivity contribution in [1.82, 2.24) is 20.4 Å². The minimum absolute atomic E-state index is 0.145. The Kier molecular flexibility index (Phi) is 4.98. The molecule has 5 heteroatoms. The van der Waals surface area contributed by atoms with Crippen LogP contribution in [0.15, 0.2) is 6.20 Å². The monoisotopic (exact) mass is 224 g/mol. The van der Waals surface area contributed by atoms with Crippen LogP contribution in [0.5, 0.6) is 0 Å². The van der Waals surface area contributed by atoms with Gasteiger partial charge in [-0.25, -0.2) is 0 Å². The van der Waals surface area contributed by atoms with Crippen molar-refractivity contribution in [3.63, 3.8) is 0 Å². The lowest BCUT2D eigenvalue weighted by molar-refractivity contribution is -0.129. The molecule has 5 nitrogen and oxygen atoms in total. The van der Waals surface area contributed by atoms with Gasteiger partial charge < -0.3 is 10.2 Å². The van der Waals surface area contributed by atoms with Gasteiger partial charge in [0.15, 0.2) is 0 Å². The van der Waals surface area contributed by atoms with Crippen LogP contribution in [0.4, 0.5) is 0 Å². The van der Waals surface area contributed by atoms with Gasteiger partial charge >= 0.3 is 0 Å². The first kappa shape index (κ1) is 12.7. The normalized spacial score (nSPS) is 10.4. The molecule has 0 aliphatic heterocycles. The van der Waals surface area contributed by atoms with Crippen molar-refractivity contribution in [1.29, 1.82) is 0 Å². The van der Waals surface area contributed by atoms with E-state index in [1.807, 2.05) is 25.7 Å². The smallest absolute Gasteiger partial charge is 0.236 e. The number of hydrogen-bond donors (Lipinski definition) is 2. The van der Waals surface area contributed by atoms with Crippen LogP contribution in [0.2, 0.25) is 0 Å². The third kappa shape index (κ3) is 3.34. The molecule has 0 saturated carbocycles. The Bertz CT molecular complexity index is 330. The predicted molar refractivity (Wildman–Crippen MR) is 63.0 cm³/mol. The Morgan fingerprint density at radius 3 is 2.69 bits per heavy atom. The van der Waals surface area contributed by atoms with E-state index in [0.29, 0.717) is 13.1 Å². The topological polar surface area (TPSA) is 61.0 Å². The summed E-state index contributed by atoms with van der Waals surface area (Å²) in [6, 6.07) is 0. The number of carbonyl (C=O) groups is 1. The van der Waals surface area contributed by atoms with E-state index in [1.54, 1.807) is 6.20 Å². The van der Waals surface area contributed by atoms with Crippen molar-refractivity contribution in [2.75, 3.05) is 19.6 Å². The number of rotatable bonds is 6. The summed E-state index contributed by atoms with van der Waals surface area (Å²) >= 11 is 0. The van der Waals surface area contributed by atoms with Gasteiger partial charge in [0.25, 0.3) is 0 Å². The number of nitrogens with zero attached hydrogens (tertiary/aromatic N) is 2. The summed E-state index contributed by atoms with van der Waals surface area (Å²) in [7, 11) is 0. The molecule has 90 valence electrons. The van der Waals surface area contributed by atoms with Crippen molar-refractivity contribution in [2.45, 2.75) is 27.3 Å². The van der Waals surface area contributed by atoms with Gasteiger partial charge in [0.1, 0.15) is 0 Å². The average Bonchev–Trinajstić information content (AvgIpc) is 2.66. The number of hydrogen-bond acceptors (Lipinski definition) is 3.